The van der Waals surface area contributed by atoms with Gasteiger partial charge in [0.25, 0.3) is 0 Å². The summed E-state index contributed by atoms with van der Waals surface area (Å²) in [6.45, 7) is 7.08. The van der Waals surface area contributed by atoms with Crippen LogP contribution in [0.3, 0.4) is 0 Å². The van der Waals surface area contributed by atoms with E-state index in [1.54, 1.807) is 0 Å². The third-order valence-corrected chi connectivity index (χ3v) is 2.65. The average Bonchev–Trinajstić information content (AvgIpc) is 2.38. The van der Waals surface area contributed by atoms with Crippen LogP contribution in [0.25, 0.3) is 0 Å². The second kappa shape index (κ2) is 3.90. The van der Waals surface area contributed by atoms with Gasteiger partial charge < -0.3 is 4.90 Å². The summed E-state index contributed by atoms with van der Waals surface area (Å²) in [7, 11) is 1.88. The summed E-state index contributed by atoms with van der Waals surface area (Å²) in [6, 6.07) is 0.157. The fourth-order valence-electron chi connectivity index (χ4n) is 1.81. The van der Waals surface area contributed by atoms with Crippen LogP contribution < -0.4 is 0 Å². The Kier molecular flexibility index (Phi) is 3.09. The molecule has 0 bridgehead atoms. The lowest BCUT2D eigenvalue weighted by atomic mass is 10.2. The number of rotatable bonds is 3. The van der Waals surface area contributed by atoms with E-state index in [9.17, 15) is 4.79 Å². The summed E-state index contributed by atoms with van der Waals surface area (Å²) in [5, 5.41) is 0. The summed E-state index contributed by atoms with van der Waals surface area (Å²) in [5.74, 6) is 0.290. The molecule has 0 aromatic rings. The molecule has 0 spiro atoms. The fourth-order valence-corrected chi connectivity index (χ4v) is 1.81. The van der Waals surface area contributed by atoms with Crippen molar-refractivity contribution in [2.24, 2.45) is 0 Å². The van der Waals surface area contributed by atoms with Gasteiger partial charge in [0.1, 0.15) is 0 Å². The van der Waals surface area contributed by atoms with Gasteiger partial charge in [-0.1, -0.05) is 13.8 Å². The number of likely N-dealkylation sites (tertiary alicyclic amines) is 1. The lowest BCUT2D eigenvalue weighted by Crippen LogP contribution is -2.40. The molecule has 12 heavy (non-hydrogen) atoms. The van der Waals surface area contributed by atoms with Crippen molar-refractivity contribution >= 4 is 5.91 Å². The Hall–Kier alpha value is -0.570. The van der Waals surface area contributed by atoms with Crippen LogP contribution in [-0.4, -0.2) is 48.4 Å². The Morgan fingerprint density at radius 1 is 1.50 bits per heavy atom. The Morgan fingerprint density at radius 2 is 2.08 bits per heavy atom. The van der Waals surface area contributed by atoms with Crippen LogP contribution in [0.1, 0.15) is 20.3 Å². The molecule has 1 amide bonds. The van der Waals surface area contributed by atoms with Gasteiger partial charge in [-0.15, -0.1) is 0 Å². The monoisotopic (exact) mass is 170 g/mol. The van der Waals surface area contributed by atoms with Gasteiger partial charge in [0.2, 0.25) is 5.91 Å². The van der Waals surface area contributed by atoms with E-state index < -0.39 is 0 Å². The molecular formula is C9H18N2O. The van der Waals surface area contributed by atoms with Gasteiger partial charge in [-0.3, -0.25) is 9.69 Å². The molecule has 1 fully saturated rings. The van der Waals surface area contributed by atoms with Crippen LogP contribution in [-0.2, 0) is 4.79 Å². The second-order valence-electron chi connectivity index (χ2n) is 3.29. The van der Waals surface area contributed by atoms with Crippen molar-refractivity contribution in [2.75, 3.05) is 26.7 Å². The zero-order valence-electron chi connectivity index (χ0n) is 8.21. The second-order valence-corrected chi connectivity index (χ2v) is 3.29. The summed E-state index contributed by atoms with van der Waals surface area (Å²) in [5.41, 5.74) is 0. The topological polar surface area (TPSA) is 23.6 Å². The van der Waals surface area contributed by atoms with E-state index in [4.69, 9.17) is 0 Å². The normalized spacial score (nSPS) is 24.2. The molecule has 1 saturated heterocycles. The maximum atomic E-state index is 11.5. The standard InChI is InChI=1S/C9H18N2O/c1-4-11(5-2)8-6-7-10(3)9(8)12/h8H,4-7H2,1-3H3. The highest BCUT2D eigenvalue weighted by atomic mass is 16.2. The molecule has 1 heterocycles. The summed E-state index contributed by atoms with van der Waals surface area (Å²) in [4.78, 5) is 15.6. The van der Waals surface area contributed by atoms with E-state index in [0.29, 0.717) is 5.91 Å². The molecule has 3 heteroatoms. The third-order valence-electron chi connectivity index (χ3n) is 2.65. The highest BCUT2D eigenvalue weighted by molar-refractivity contribution is 5.83. The van der Waals surface area contributed by atoms with E-state index in [1.807, 2.05) is 11.9 Å². The van der Waals surface area contributed by atoms with Gasteiger partial charge in [0, 0.05) is 13.6 Å². The molecule has 0 aromatic heterocycles. The Balaban J connectivity index is 2.57. The molecule has 1 unspecified atom stereocenters. The predicted octanol–water partition coefficient (Wildman–Crippen LogP) is 0.559. The minimum atomic E-state index is 0.157. The number of hydrogen-bond donors (Lipinski definition) is 0. The molecule has 1 aliphatic rings. The van der Waals surface area contributed by atoms with Gasteiger partial charge in [0.05, 0.1) is 6.04 Å². The van der Waals surface area contributed by atoms with Crippen molar-refractivity contribution in [3.8, 4) is 0 Å². The van der Waals surface area contributed by atoms with E-state index in [2.05, 4.69) is 18.7 Å². The zero-order valence-corrected chi connectivity index (χ0v) is 8.21. The molecule has 0 N–H and O–H groups in total. The molecule has 0 aliphatic carbocycles. The van der Waals surface area contributed by atoms with E-state index in [0.717, 1.165) is 26.1 Å². The minimum absolute atomic E-state index is 0.157. The van der Waals surface area contributed by atoms with Crippen LogP contribution >= 0.6 is 0 Å². The first-order valence-corrected chi connectivity index (χ1v) is 4.69. The lowest BCUT2D eigenvalue weighted by Gasteiger charge is -2.24. The van der Waals surface area contributed by atoms with E-state index in [1.165, 1.54) is 0 Å². The molecular weight excluding hydrogens is 152 g/mol. The molecule has 0 aromatic carbocycles. The quantitative estimate of drug-likeness (QED) is 0.618. The lowest BCUT2D eigenvalue weighted by molar-refractivity contribution is -0.130. The Labute approximate surface area is 74.3 Å². The van der Waals surface area contributed by atoms with Crippen molar-refractivity contribution in [1.29, 1.82) is 0 Å². The molecule has 1 aliphatic heterocycles. The van der Waals surface area contributed by atoms with Crippen molar-refractivity contribution in [3.63, 3.8) is 0 Å². The number of amides is 1. The van der Waals surface area contributed by atoms with Gasteiger partial charge >= 0.3 is 0 Å². The third kappa shape index (κ3) is 1.61. The minimum Gasteiger partial charge on any atom is -0.344 e. The van der Waals surface area contributed by atoms with Crippen LogP contribution in [0.15, 0.2) is 0 Å². The summed E-state index contributed by atoms with van der Waals surface area (Å²) in [6.07, 6.45) is 0.997. The van der Waals surface area contributed by atoms with Crippen molar-refractivity contribution in [3.05, 3.63) is 0 Å². The number of hydrogen-bond acceptors (Lipinski definition) is 2. The van der Waals surface area contributed by atoms with Crippen molar-refractivity contribution in [1.82, 2.24) is 9.80 Å². The molecule has 0 saturated carbocycles. The number of carbonyl (C=O) groups is 1. The maximum absolute atomic E-state index is 11.5. The van der Waals surface area contributed by atoms with Crippen LogP contribution in [0.4, 0.5) is 0 Å². The van der Waals surface area contributed by atoms with Crippen molar-refractivity contribution in [2.45, 2.75) is 26.3 Å². The molecule has 70 valence electrons. The van der Waals surface area contributed by atoms with Crippen LogP contribution in [0.5, 0.6) is 0 Å². The van der Waals surface area contributed by atoms with Gasteiger partial charge in [-0.2, -0.15) is 0 Å². The first-order chi connectivity index (χ1) is 5.70. The van der Waals surface area contributed by atoms with Crippen LogP contribution in [0, 0.1) is 0 Å². The van der Waals surface area contributed by atoms with Crippen molar-refractivity contribution < 1.29 is 4.79 Å². The van der Waals surface area contributed by atoms with Gasteiger partial charge in [-0.05, 0) is 19.5 Å². The maximum Gasteiger partial charge on any atom is 0.239 e. The summed E-state index contributed by atoms with van der Waals surface area (Å²) < 4.78 is 0. The van der Waals surface area contributed by atoms with E-state index in [-0.39, 0.29) is 6.04 Å². The first kappa shape index (κ1) is 9.52. The molecule has 1 rings (SSSR count). The highest BCUT2D eigenvalue weighted by Gasteiger charge is 2.32. The number of likely N-dealkylation sites (N-methyl/N-ethyl adjacent to an activating group) is 2. The smallest absolute Gasteiger partial charge is 0.239 e. The zero-order chi connectivity index (χ0) is 9.14. The number of carbonyl (C=O) groups excluding carboxylic acids is 1. The van der Waals surface area contributed by atoms with Crippen LogP contribution in [0.2, 0.25) is 0 Å². The Morgan fingerprint density at radius 3 is 2.42 bits per heavy atom. The Bertz CT molecular complexity index is 166. The first-order valence-electron chi connectivity index (χ1n) is 4.69. The fraction of sp³-hybridized carbons (Fsp3) is 0.889. The van der Waals surface area contributed by atoms with Gasteiger partial charge in [0.15, 0.2) is 0 Å². The summed E-state index contributed by atoms with van der Waals surface area (Å²) >= 11 is 0. The largest absolute Gasteiger partial charge is 0.344 e. The molecule has 0 radical (unpaired) electrons. The SMILES string of the molecule is CCN(CC)C1CCN(C)C1=O. The highest BCUT2D eigenvalue weighted by Crippen LogP contribution is 2.14. The molecule has 1 atom stereocenters. The van der Waals surface area contributed by atoms with Gasteiger partial charge in [-0.25, -0.2) is 0 Å². The van der Waals surface area contributed by atoms with E-state index >= 15 is 0 Å². The molecule has 3 nitrogen and oxygen atoms in total. The number of nitrogens with zero attached hydrogens (tertiary/aromatic N) is 2. The average molecular weight is 170 g/mol. The predicted molar refractivity (Wildman–Crippen MR) is 49.0 cm³/mol.